The van der Waals surface area contributed by atoms with Crippen LogP contribution in [0.2, 0.25) is 5.02 Å². The molecule has 0 radical (unpaired) electrons. The Morgan fingerprint density at radius 2 is 1.89 bits per heavy atom. The molecule has 13 heteroatoms. The monoisotopic (exact) mass is 542 g/mol. The Balaban J connectivity index is 1.42. The van der Waals surface area contributed by atoms with Crippen LogP contribution in [0.4, 0.5) is 28.5 Å². The second kappa shape index (κ2) is 10.4. The molecule has 4 rings (SSSR count). The van der Waals surface area contributed by atoms with Crippen molar-refractivity contribution in [1.29, 1.82) is 0 Å². The molecule has 2 heterocycles. The lowest BCUT2D eigenvalue weighted by atomic mass is 9.86. The topological polar surface area (TPSA) is 104 Å². The number of carbonyl (C=O) groups is 2. The van der Waals surface area contributed by atoms with Gasteiger partial charge in [-0.25, -0.2) is 14.4 Å². The van der Waals surface area contributed by atoms with E-state index in [1.165, 1.54) is 23.7 Å². The SMILES string of the molecule is O=C(Nc1nc(-c2cccc(C(F)(F)F)c2F)cs1)c1cnc(NC2CCC(C(=O)O)CC2)c(Cl)c1. The second-order valence-electron chi connectivity index (χ2n) is 8.24. The van der Waals surface area contributed by atoms with Gasteiger partial charge >= 0.3 is 12.1 Å². The maximum atomic E-state index is 14.4. The number of nitrogens with zero attached hydrogens (tertiary/aromatic N) is 2. The molecule has 1 amide bonds. The van der Waals surface area contributed by atoms with Gasteiger partial charge in [0.25, 0.3) is 5.91 Å². The van der Waals surface area contributed by atoms with E-state index in [1.54, 1.807) is 0 Å². The van der Waals surface area contributed by atoms with Crippen molar-refractivity contribution in [2.24, 2.45) is 5.92 Å². The van der Waals surface area contributed by atoms with Gasteiger partial charge in [-0.15, -0.1) is 11.3 Å². The molecule has 1 aromatic carbocycles. The number of hydrogen-bond donors (Lipinski definition) is 3. The van der Waals surface area contributed by atoms with Crippen LogP contribution in [0.25, 0.3) is 11.3 Å². The van der Waals surface area contributed by atoms with Crippen molar-refractivity contribution in [3.05, 3.63) is 57.8 Å². The highest BCUT2D eigenvalue weighted by molar-refractivity contribution is 7.14. The van der Waals surface area contributed by atoms with Crippen molar-refractivity contribution >= 4 is 45.8 Å². The van der Waals surface area contributed by atoms with Crippen LogP contribution in [0.3, 0.4) is 0 Å². The number of carboxylic acid groups (broad SMARTS) is 1. The highest BCUT2D eigenvalue weighted by atomic mass is 35.5. The van der Waals surface area contributed by atoms with Gasteiger partial charge in [-0.3, -0.25) is 14.9 Å². The summed E-state index contributed by atoms with van der Waals surface area (Å²) in [4.78, 5) is 31.9. The summed E-state index contributed by atoms with van der Waals surface area (Å²) in [6.07, 6.45) is -1.16. The van der Waals surface area contributed by atoms with Crippen molar-refractivity contribution in [3.63, 3.8) is 0 Å². The quantitative estimate of drug-likeness (QED) is 0.315. The molecule has 3 aromatic rings. The van der Waals surface area contributed by atoms with E-state index in [2.05, 4.69) is 20.6 Å². The Kier molecular flexibility index (Phi) is 7.46. The number of alkyl halides is 3. The third kappa shape index (κ3) is 5.76. The number of halogens is 5. The number of rotatable bonds is 6. The maximum absolute atomic E-state index is 14.4. The first-order valence-electron chi connectivity index (χ1n) is 10.8. The van der Waals surface area contributed by atoms with Gasteiger partial charge in [-0.1, -0.05) is 17.7 Å². The number of carbonyl (C=O) groups excluding carboxylic acids is 1. The summed E-state index contributed by atoms with van der Waals surface area (Å²) in [6.45, 7) is 0. The number of aliphatic carboxylic acids is 1. The van der Waals surface area contributed by atoms with E-state index in [9.17, 15) is 27.2 Å². The number of amides is 1. The van der Waals surface area contributed by atoms with Crippen molar-refractivity contribution in [2.45, 2.75) is 37.9 Å². The van der Waals surface area contributed by atoms with Crippen LogP contribution < -0.4 is 10.6 Å². The zero-order valence-electron chi connectivity index (χ0n) is 18.4. The lowest BCUT2D eigenvalue weighted by molar-refractivity contribution is -0.143. The molecule has 36 heavy (non-hydrogen) atoms. The number of anilines is 2. The van der Waals surface area contributed by atoms with E-state index in [1.807, 2.05) is 0 Å². The Hall–Kier alpha value is -3.25. The first-order valence-corrected chi connectivity index (χ1v) is 12.1. The molecule has 7 nitrogen and oxygen atoms in total. The van der Waals surface area contributed by atoms with Crippen LogP contribution in [0, 0.1) is 11.7 Å². The summed E-state index contributed by atoms with van der Waals surface area (Å²) in [6, 6.07) is 4.31. The van der Waals surface area contributed by atoms with E-state index in [4.69, 9.17) is 16.7 Å². The van der Waals surface area contributed by atoms with Gasteiger partial charge < -0.3 is 10.4 Å². The Bertz CT molecular complexity index is 1290. The minimum absolute atomic E-state index is 0.00950. The minimum atomic E-state index is -4.85. The average molecular weight is 543 g/mol. The highest BCUT2D eigenvalue weighted by Crippen LogP contribution is 2.36. The van der Waals surface area contributed by atoms with E-state index >= 15 is 0 Å². The van der Waals surface area contributed by atoms with Gasteiger partial charge in [0.2, 0.25) is 0 Å². The van der Waals surface area contributed by atoms with Gasteiger partial charge in [0, 0.05) is 23.2 Å². The first-order chi connectivity index (χ1) is 17.0. The van der Waals surface area contributed by atoms with Crippen molar-refractivity contribution in [2.75, 3.05) is 10.6 Å². The fraction of sp³-hybridized carbons (Fsp3) is 0.304. The van der Waals surface area contributed by atoms with Gasteiger partial charge in [-0.05, 0) is 43.9 Å². The largest absolute Gasteiger partial charge is 0.481 e. The van der Waals surface area contributed by atoms with Crippen LogP contribution in [-0.4, -0.2) is 33.0 Å². The normalized spacial score (nSPS) is 18.0. The lowest BCUT2D eigenvalue weighted by Crippen LogP contribution is -2.29. The number of benzene rings is 1. The smallest absolute Gasteiger partial charge is 0.419 e. The van der Waals surface area contributed by atoms with E-state index < -0.39 is 29.4 Å². The van der Waals surface area contributed by atoms with Crippen molar-refractivity contribution in [3.8, 4) is 11.3 Å². The number of carboxylic acids is 1. The highest BCUT2D eigenvalue weighted by Gasteiger charge is 2.35. The Morgan fingerprint density at radius 1 is 1.17 bits per heavy atom. The Labute approximate surface area is 211 Å². The van der Waals surface area contributed by atoms with E-state index in [0.29, 0.717) is 37.6 Å². The summed E-state index contributed by atoms with van der Waals surface area (Å²) in [5, 5.41) is 16.4. The molecule has 0 unspecified atom stereocenters. The molecule has 0 aliphatic heterocycles. The molecular formula is C23H19ClF4N4O3S. The van der Waals surface area contributed by atoms with E-state index in [-0.39, 0.29) is 38.9 Å². The van der Waals surface area contributed by atoms with E-state index in [0.717, 1.165) is 17.4 Å². The molecule has 1 fully saturated rings. The maximum Gasteiger partial charge on any atom is 0.419 e. The second-order valence-corrected chi connectivity index (χ2v) is 9.51. The minimum Gasteiger partial charge on any atom is -0.481 e. The fourth-order valence-electron chi connectivity index (χ4n) is 3.92. The molecule has 0 spiro atoms. The van der Waals surface area contributed by atoms with Crippen LogP contribution in [0.15, 0.2) is 35.8 Å². The fourth-order valence-corrected chi connectivity index (χ4v) is 4.85. The molecule has 1 aliphatic carbocycles. The first kappa shape index (κ1) is 25.8. The van der Waals surface area contributed by atoms with Gasteiger partial charge in [0.1, 0.15) is 11.6 Å². The summed E-state index contributed by atoms with van der Waals surface area (Å²) in [7, 11) is 0. The van der Waals surface area contributed by atoms with Gasteiger partial charge in [0.15, 0.2) is 5.13 Å². The van der Waals surface area contributed by atoms with Crippen LogP contribution in [-0.2, 0) is 11.0 Å². The van der Waals surface area contributed by atoms with Gasteiger partial charge in [-0.2, -0.15) is 13.2 Å². The summed E-state index contributed by atoms with van der Waals surface area (Å²) < 4.78 is 53.4. The third-order valence-corrected chi connectivity index (χ3v) is 6.87. The number of thiazole rings is 1. The summed E-state index contributed by atoms with van der Waals surface area (Å²) in [5.74, 6) is -2.84. The summed E-state index contributed by atoms with van der Waals surface area (Å²) >= 11 is 7.21. The molecule has 0 saturated heterocycles. The predicted molar refractivity (Wildman–Crippen MR) is 127 cm³/mol. The van der Waals surface area contributed by atoms with Crippen LogP contribution >= 0.6 is 22.9 Å². The van der Waals surface area contributed by atoms with Gasteiger partial charge in [0.05, 0.1) is 27.8 Å². The number of hydrogen-bond acceptors (Lipinski definition) is 6. The third-order valence-electron chi connectivity index (χ3n) is 5.83. The van der Waals surface area contributed by atoms with Crippen molar-refractivity contribution < 1.29 is 32.3 Å². The van der Waals surface area contributed by atoms with Crippen LogP contribution in [0.5, 0.6) is 0 Å². The molecule has 1 aliphatic rings. The molecule has 190 valence electrons. The molecule has 0 bridgehead atoms. The molecule has 3 N–H and O–H groups in total. The predicted octanol–water partition coefficient (Wildman–Crippen LogP) is 6.32. The molecular weight excluding hydrogens is 524 g/mol. The standard InChI is InChI=1S/C23H19ClF4N4O3S/c24-16-8-12(9-29-19(16)30-13-6-4-11(5-7-13)21(34)35)20(33)32-22-31-17(10-36-22)14-2-1-3-15(18(14)25)23(26,27)28/h1-3,8-11,13H,4-7H2,(H,29,30)(H,34,35)(H,31,32,33). The zero-order chi connectivity index (χ0) is 26.0. The van der Waals surface area contributed by atoms with Crippen LogP contribution in [0.1, 0.15) is 41.6 Å². The lowest BCUT2D eigenvalue weighted by Gasteiger charge is -2.27. The average Bonchev–Trinajstić information content (AvgIpc) is 3.28. The molecule has 2 aromatic heterocycles. The number of aromatic nitrogens is 2. The number of pyridine rings is 1. The Morgan fingerprint density at radius 3 is 2.53 bits per heavy atom. The number of nitrogens with one attached hydrogen (secondary N) is 2. The summed E-state index contributed by atoms with van der Waals surface area (Å²) in [5.41, 5.74) is -1.67. The zero-order valence-corrected chi connectivity index (χ0v) is 20.0. The molecule has 0 atom stereocenters. The van der Waals surface area contributed by atoms with Crippen molar-refractivity contribution in [1.82, 2.24) is 9.97 Å². The molecule has 1 saturated carbocycles.